The first-order valence-corrected chi connectivity index (χ1v) is 10.4. The maximum absolute atomic E-state index is 12.5. The molecule has 0 unspecified atom stereocenters. The van der Waals surface area contributed by atoms with Gasteiger partial charge >= 0.3 is 14.4 Å². The Kier molecular flexibility index (Phi) is 6.02. The molecule has 0 N–H and O–H groups in total. The summed E-state index contributed by atoms with van der Waals surface area (Å²) in [5.41, 5.74) is -4.33. The molecule has 2 rings (SSSR count). The van der Waals surface area contributed by atoms with E-state index in [0.717, 1.165) is 44.5 Å². The second kappa shape index (κ2) is 7.44. The standard InChI is InChI=1S/C15H20F3NO2S2/c1-2-8-19-9-4-6-13(11-19)12-5-3-7-14(10-12)22-23(20,21)15(16,17)18/h3,5,7,10,13H,2,4,6,8-9,11H2,1H3/t13-/m1/s1. The number of benzene rings is 1. The van der Waals surface area contributed by atoms with Crippen LogP contribution in [0.1, 0.15) is 37.7 Å². The van der Waals surface area contributed by atoms with Crippen molar-refractivity contribution in [2.24, 2.45) is 0 Å². The van der Waals surface area contributed by atoms with E-state index >= 15 is 0 Å². The van der Waals surface area contributed by atoms with Gasteiger partial charge in [-0.3, -0.25) is 0 Å². The monoisotopic (exact) mass is 367 g/mol. The summed E-state index contributed by atoms with van der Waals surface area (Å²) in [5.74, 6) is 0.240. The van der Waals surface area contributed by atoms with Gasteiger partial charge in [-0.25, -0.2) is 8.42 Å². The van der Waals surface area contributed by atoms with Crippen molar-refractivity contribution in [2.75, 3.05) is 19.6 Å². The summed E-state index contributed by atoms with van der Waals surface area (Å²) in [4.78, 5) is 2.47. The summed E-state index contributed by atoms with van der Waals surface area (Å²) >= 11 is 0. The normalized spacial score (nSPS) is 20.6. The van der Waals surface area contributed by atoms with Crippen LogP contribution in [-0.2, 0) is 8.87 Å². The van der Waals surface area contributed by atoms with Gasteiger partial charge in [0.1, 0.15) is 0 Å². The fraction of sp³-hybridized carbons (Fsp3) is 0.600. The molecule has 1 aliphatic rings. The molecule has 0 radical (unpaired) electrons. The van der Waals surface area contributed by atoms with E-state index in [2.05, 4.69) is 11.8 Å². The lowest BCUT2D eigenvalue weighted by Gasteiger charge is -2.32. The molecular weight excluding hydrogens is 347 g/mol. The second-order valence-corrected chi connectivity index (χ2v) is 9.52. The van der Waals surface area contributed by atoms with E-state index in [4.69, 9.17) is 0 Å². The van der Waals surface area contributed by atoms with Gasteiger partial charge in [0.05, 0.1) is 0 Å². The van der Waals surface area contributed by atoms with Crippen molar-refractivity contribution in [3.63, 3.8) is 0 Å². The van der Waals surface area contributed by atoms with Crippen molar-refractivity contribution < 1.29 is 21.6 Å². The molecule has 3 nitrogen and oxygen atoms in total. The number of likely N-dealkylation sites (tertiary alicyclic amines) is 1. The Morgan fingerprint density at radius 3 is 2.74 bits per heavy atom. The lowest BCUT2D eigenvalue weighted by molar-refractivity contribution is -0.0410. The third-order valence-electron chi connectivity index (χ3n) is 3.86. The molecule has 0 amide bonds. The van der Waals surface area contributed by atoms with Crippen LogP contribution in [-0.4, -0.2) is 38.5 Å². The second-order valence-electron chi connectivity index (χ2n) is 5.70. The minimum absolute atomic E-state index is 0.118. The first kappa shape index (κ1) is 18.6. The van der Waals surface area contributed by atoms with Crippen LogP contribution >= 0.6 is 10.8 Å². The fourth-order valence-electron chi connectivity index (χ4n) is 2.84. The zero-order chi connectivity index (χ0) is 17.1. The molecule has 1 heterocycles. The van der Waals surface area contributed by atoms with E-state index in [1.54, 1.807) is 12.1 Å². The minimum Gasteiger partial charge on any atom is -0.303 e. The molecule has 1 aliphatic heterocycles. The smallest absolute Gasteiger partial charge is 0.303 e. The Hall–Kier alpha value is -0.730. The number of rotatable bonds is 5. The Bertz CT molecular complexity index is 630. The van der Waals surface area contributed by atoms with Gasteiger partial charge in [0.15, 0.2) is 0 Å². The topological polar surface area (TPSA) is 37.4 Å². The molecule has 23 heavy (non-hydrogen) atoms. The van der Waals surface area contributed by atoms with E-state index in [1.165, 1.54) is 6.07 Å². The quantitative estimate of drug-likeness (QED) is 0.731. The van der Waals surface area contributed by atoms with E-state index in [9.17, 15) is 21.6 Å². The minimum atomic E-state index is -5.24. The number of hydrogen-bond acceptors (Lipinski definition) is 4. The third-order valence-corrected chi connectivity index (χ3v) is 6.90. The third kappa shape index (κ3) is 4.87. The van der Waals surface area contributed by atoms with Crippen LogP contribution in [0.15, 0.2) is 29.2 Å². The van der Waals surface area contributed by atoms with Crippen molar-refractivity contribution in [3.05, 3.63) is 29.8 Å². The van der Waals surface area contributed by atoms with E-state index in [0.29, 0.717) is 0 Å². The van der Waals surface area contributed by atoms with Crippen LogP contribution in [0.25, 0.3) is 0 Å². The average Bonchev–Trinajstić information content (AvgIpc) is 2.46. The summed E-state index contributed by atoms with van der Waals surface area (Å²) in [6.07, 6.45) is 3.08. The first-order chi connectivity index (χ1) is 10.7. The fourth-order valence-corrected chi connectivity index (χ4v) is 4.86. The highest BCUT2D eigenvalue weighted by molar-refractivity contribution is 8.72. The van der Waals surface area contributed by atoms with Crippen molar-refractivity contribution >= 4 is 19.7 Å². The van der Waals surface area contributed by atoms with E-state index < -0.39 is 14.4 Å². The van der Waals surface area contributed by atoms with Gasteiger partial charge in [-0.15, -0.1) is 0 Å². The van der Waals surface area contributed by atoms with Crippen LogP contribution in [0.4, 0.5) is 13.2 Å². The van der Waals surface area contributed by atoms with Crippen LogP contribution in [0, 0.1) is 0 Å². The average molecular weight is 367 g/mol. The first-order valence-electron chi connectivity index (χ1n) is 7.56. The molecular formula is C15H20F3NO2S2. The maximum atomic E-state index is 12.5. The molecule has 0 bridgehead atoms. The lowest BCUT2D eigenvalue weighted by Crippen LogP contribution is -2.34. The van der Waals surface area contributed by atoms with Gasteiger partial charge in [-0.05, 0) is 56.0 Å². The Labute approximate surface area is 138 Å². The maximum Gasteiger partial charge on any atom is 0.507 e. The number of nitrogens with zero attached hydrogens (tertiary/aromatic N) is 1. The van der Waals surface area contributed by atoms with Gasteiger partial charge in [0.25, 0.3) is 0 Å². The SMILES string of the molecule is CCCN1CCC[C@@H](c2cccc(SS(=O)(=O)C(F)(F)F)c2)C1. The molecule has 130 valence electrons. The number of alkyl halides is 3. The zero-order valence-corrected chi connectivity index (χ0v) is 14.5. The van der Waals surface area contributed by atoms with Crippen molar-refractivity contribution in [1.82, 2.24) is 4.90 Å². The largest absolute Gasteiger partial charge is 0.507 e. The van der Waals surface area contributed by atoms with Gasteiger partial charge < -0.3 is 4.90 Å². The molecule has 8 heteroatoms. The highest BCUT2D eigenvalue weighted by atomic mass is 33.1. The van der Waals surface area contributed by atoms with Gasteiger partial charge in [0, 0.05) is 22.2 Å². The van der Waals surface area contributed by atoms with Crippen LogP contribution in [0.2, 0.25) is 0 Å². The highest BCUT2D eigenvalue weighted by Gasteiger charge is 2.46. The number of halogens is 3. The summed E-state index contributed by atoms with van der Waals surface area (Å²) in [7, 11) is -5.34. The predicted octanol–water partition coefficient (Wildman–Crippen LogP) is 4.22. The molecule has 0 aliphatic carbocycles. The Morgan fingerprint density at radius 2 is 2.09 bits per heavy atom. The molecule has 0 saturated carbocycles. The summed E-state index contributed by atoms with van der Waals surface area (Å²) in [6.45, 7) is 5.03. The van der Waals surface area contributed by atoms with Gasteiger partial charge in [-0.1, -0.05) is 19.1 Å². The highest BCUT2D eigenvalue weighted by Crippen LogP contribution is 2.38. The van der Waals surface area contributed by atoms with Crippen LogP contribution < -0.4 is 0 Å². The van der Waals surface area contributed by atoms with E-state index in [-0.39, 0.29) is 21.6 Å². The number of piperidine rings is 1. The zero-order valence-electron chi connectivity index (χ0n) is 12.8. The van der Waals surface area contributed by atoms with Gasteiger partial charge in [0.2, 0.25) is 0 Å². The molecule has 0 aromatic heterocycles. The Balaban J connectivity index is 2.14. The molecule has 1 saturated heterocycles. The van der Waals surface area contributed by atoms with Crippen molar-refractivity contribution in [1.29, 1.82) is 0 Å². The number of hydrogen-bond donors (Lipinski definition) is 0. The Morgan fingerprint density at radius 1 is 1.35 bits per heavy atom. The van der Waals surface area contributed by atoms with E-state index in [1.807, 2.05) is 6.07 Å². The predicted molar refractivity (Wildman–Crippen MR) is 86.0 cm³/mol. The summed E-state index contributed by atoms with van der Waals surface area (Å²) in [6, 6.07) is 6.48. The molecule has 1 fully saturated rings. The summed E-state index contributed by atoms with van der Waals surface area (Å²) in [5, 5.41) is 0. The molecule has 1 atom stereocenters. The van der Waals surface area contributed by atoms with Crippen LogP contribution in [0.5, 0.6) is 0 Å². The van der Waals surface area contributed by atoms with Gasteiger partial charge in [-0.2, -0.15) is 13.2 Å². The van der Waals surface area contributed by atoms with Crippen LogP contribution in [0.3, 0.4) is 0 Å². The van der Waals surface area contributed by atoms with Crippen molar-refractivity contribution in [2.45, 2.75) is 42.5 Å². The molecule has 1 aromatic rings. The molecule has 1 aromatic carbocycles. The van der Waals surface area contributed by atoms with Crippen molar-refractivity contribution in [3.8, 4) is 0 Å². The lowest BCUT2D eigenvalue weighted by atomic mass is 9.90. The summed E-state index contributed by atoms with van der Waals surface area (Å²) < 4.78 is 60.0. The molecule has 0 spiro atoms.